The molecule has 0 aliphatic carbocycles. The van der Waals surface area contributed by atoms with Crippen LogP contribution in [0.3, 0.4) is 0 Å². The van der Waals surface area contributed by atoms with Crippen LogP contribution in [-0.4, -0.2) is 30.0 Å². The fourth-order valence-electron chi connectivity index (χ4n) is 2.29. The van der Waals surface area contributed by atoms with Gasteiger partial charge < -0.3 is 14.8 Å². The van der Waals surface area contributed by atoms with Gasteiger partial charge >= 0.3 is 5.97 Å². The number of halogens is 1. The monoisotopic (exact) mass is 420 g/mol. The van der Waals surface area contributed by atoms with Crippen LogP contribution in [0.4, 0.5) is 11.4 Å². The maximum Gasteiger partial charge on any atom is 0.344 e. The molecule has 2 aromatic carbocycles. The van der Waals surface area contributed by atoms with E-state index in [0.29, 0.717) is 5.75 Å². The van der Waals surface area contributed by atoms with Gasteiger partial charge in [0.15, 0.2) is 13.2 Å². The summed E-state index contributed by atoms with van der Waals surface area (Å²) < 4.78 is 10.2. The van der Waals surface area contributed by atoms with Crippen molar-refractivity contribution >= 4 is 34.9 Å². The highest BCUT2D eigenvalue weighted by Crippen LogP contribution is 2.26. The number of nitro benzene ring substituents is 1. The molecule has 0 aromatic heterocycles. The number of rotatable bonds is 7. The molecule has 0 bridgehead atoms. The van der Waals surface area contributed by atoms with Gasteiger partial charge in [-0.05, 0) is 29.2 Å². The number of esters is 1. The van der Waals surface area contributed by atoms with E-state index in [1.165, 1.54) is 12.1 Å². The predicted octanol–water partition coefficient (Wildman–Crippen LogP) is 4.11. The standard InChI is InChI=1S/C20H21ClN2O6/c1-20(2,3)13-4-7-15(8-5-13)28-12-19(25)29-11-18(24)22-17-9-6-14(23(26)27)10-16(17)21/h4-10H,11-12H2,1-3H3,(H,22,24). The van der Waals surface area contributed by atoms with Gasteiger partial charge in [-0.1, -0.05) is 44.5 Å². The Morgan fingerprint density at radius 1 is 1.10 bits per heavy atom. The van der Waals surface area contributed by atoms with Crippen LogP contribution in [0, 0.1) is 10.1 Å². The second-order valence-electron chi connectivity index (χ2n) is 7.19. The minimum atomic E-state index is -0.713. The normalized spacial score (nSPS) is 10.9. The molecule has 0 fully saturated rings. The molecule has 0 aliphatic heterocycles. The Kier molecular flexibility index (Phi) is 7.17. The second-order valence-corrected chi connectivity index (χ2v) is 7.60. The highest BCUT2D eigenvalue weighted by molar-refractivity contribution is 6.34. The summed E-state index contributed by atoms with van der Waals surface area (Å²) in [6.07, 6.45) is 0. The number of non-ortho nitro benzene ring substituents is 1. The van der Waals surface area contributed by atoms with Gasteiger partial charge in [0.2, 0.25) is 0 Å². The van der Waals surface area contributed by atoms with Gasteiger partial charge in [0.25, 0.3) is 11.6 Å². The first-order valence-corrected chi connectivity index (χ1v) is 9.07. The van der Waals surface area contributed by atoms with Gasteiger partial charge in [0.05, 0.1) is 15.6 Å². The van der Waals surface area contributed by atoms with Crippen LogP contribution in [-0.2, 0) is 19.7 Å². The number of hydrogen-bond donors (Lipinski definition) is 1. The Labute approximate surface area is 172 Å². The van der Waals surface area contributed by atoms with Crippen LogP contribution in [0.25, 0.3) is 0 Å². The number of amides is 1. The van der Waals surface area contributed by atoms with Gasteiger partial charge in [0.1, 0.15) is 5.75 Å². The Hall–Kier alpha value is -3.13. The van der Waals surface area contributed by atoms with Crippen LogP contribution in [0.2, 0.25) is 5.02 Å². The molecule has 2 rings (SSSR count). The van der Waals surface area contributed by atoms with Crippen molar-refractivity contribution in [2.24, 2.45) is 0 Å². The minimum absolute atomic E-state index is 0.000846. The van der Waals surface area contributed by atoms with Crippen molar-refractivity contribution < 1.29 is 24.0 Å². The van der Waals surface area contributed by atoms with Crippen LogP contribution in [0.1, 0.15) is 26.3 Å². The molecule has 0 unspecified atom stereocenters. The van der Waals surface area contributed by atoms with E-state index in [-0.39, 0.29) is 28.4 Å². The molecule has 0 heterocycles. The zero-order valence-corrected chi connectivity index (χ0v) is 17.0. The topological polar surface area (TPSA) is 108 Å². The first kappa shape index (κ1) is 22.2. The van der Waals surface area contributed by atoms with Crippen molar-refractivity contribution in [1.82, 2.24) is 0 Å². The summed E-state index contributed by atoms with van der Waals surface area (Å²) in [4.78, 5) is 33.7. The van der Waals surface area contributed by atoms with Crippen molar-refractivity contribution in [2.75, 3.05) is 18.5 Å². The van der Waals surface area contributed by atoms with E-state index in [9.17, 15) is 19.7 Å². The second kappa shape index (κ2) is 9.38. The van der Waals surface area contributed by atoms with E-state index in [4.69, 9.17) is 21.1 Å². The van der Waals surface area contributed by atoms with E-state index < -0.39 is 23.4 Å². The Bertz CT molecular complexity index is 906. The Balaban J connectivity index is 1.79. The summed E-state index contributed by atoms with van der Waals surface area (Å²) in [6, 6.07) is 11.0. The molecule has 8 nitrogen and oxygen atoms in total. The van der Waals surface area contributed by atoms with Gasteiger partial charge in [0, 0.05) is 12.1 Å². The van der Waals surface area contributed by atoms with E-state index in [1.54, 1.807) is 12.1 Å². The third-order valence-electron chi connectivity index (χ3n) is 3.88. The number of carbonyl (C=O) groups is 2. The number of nitrogens with zero attached hydrogens (tertiary/aromatic N) is 1. The summed E-state index contributed by atoms with van der Waals surface area (Å²) in [5.74, 6) is -0.837. The summed E-state index contributed by atoms with van der Waals surface area (Å²) in [5.41, 5.74) is 1.12. The van der Waals surface area contributed by atoms with E-state index in [0.717, 1.165) is 11.6 Å². The molecule has 0 radical (unpaired) electrons. The third kappa shape index (κ3) is 6.76. The smallest absolute Gasteiger partial charge is 0.344 e. The highest BCUT2D eigenvalue weighted by atomic mass is 35.5. The van der Waals surface area contributed by atoms with E-state index in [1.807, 2.05) is 12.1 Å². The lowest BCUT2D eigenvalue weighted by Crippen LogP contribution is -2.23. The van der Waals surface area contributed by atoms with Crippen molar-refractivity contribution in [1.29, 1.82) is 0 Å². The predicted molar refractivity (Wildman–Crippen MR) is 108 cm³/mol. The highest BCUT2D eigenvalue weighted by Gasteiger charge is 2.15. The lowest BCUT2D eigenvalue weighted by Gasteiger charge is -2.19. The SMILES string of the molecule is CC(C)(C)c1ccc(OCC(=O)OCC(=O)Nc2ccc([N+](=O)[O-])cc2Cl)cc1. The number of nitrogens with one attached hydrogen (secondary N) is 1. The molecular formula is C20H21ClN2O6. The number of ether oxygens (including phenoxy) is 2. The van der Waals surface area contributed by atoms with Gasteiger partial charge in [-0.3, -0.25) is 14.9 Å². The molecule has 2 aromatic rings. The van der Waals surface area contributed by atoms with Crippen LogP contribution in [0.5, 0.6) is 5.75 Å². The molecule has 0 atom stereocenters. The first-order chi connectivity index (χ1) is 13.6. The average Bonchev–Trinajstić information content (AvgIpc) is 2.65. The summed E-state index contributed by atoms with van der Waals surface area (Å²) in [6.45, 7) is 5.39. The maximum atomic E-state index is 11.9. The summed E-state index contributed by atoms with van der Waals surface area (Å²) in [7, 11) is 0. The number of carbonyl (C=O) groups excluding carboxylic acids is 2. The Morgan fingerprint density at radius 2 is 1.76 bits per heavy atom. The Morgan fingerprint density at radius 3 is 2.31 bits per heavy atom. The third-order valence-corrected chi connectivity index (χ3v) is 4.19. The largest absolute Gasteiger partial charge is 0.482 e. The van der Waals surface area contributed by atoms with Crippen molar-refractivity contribution in [2.45, 2.75) is 26.2 Å². The fourth-order valence-corrected chi connectivity index (χ4v) is 2.51. The van der Waals surface area contributed by atoms with Crippen LogP contribution < -0.4 is 10.1 Å². The molecular weight excluding hydrogens is 400 g/mol. The van der Waals surface area contributed by atoms with Crippen molar-refractivity contribution in [3.8, 4) is 5.75 Å². The summed E-state index contributed by atoms with van der Waals surface area (Å²) >= 11 is 5.89. The number of benzene rings is 2. The molecule has 1 N–H and O–H groups in total. The fraction of sp³-hybridized carbons (Fsp3) is 0.300. The zero-order chi connectivity index (χ0) is 21.6. The minimum Gasteiger partial charge on any atom is -0.482 e. The molecule has 9 heteroatoms. The average molecular weight is 421 g/mol. The molecule has 0 saturated heterocycles. The molecule has 1 amide bonds. The van der Waals surface area contributed by atoms with Crippen LogP contribution >= 0.6 is 11.6 Å². The molecule has 29 heavy (non-hydrogen) atoms. The molecule has 0 aliphatic rings. The van der Waals surface area contributed by atoms with E-state index >= 15 is 0 Å². The van der Waals surface area contributed by atoms with Crippen molar-refractivity contribution in [3.63, 3.8) is 0 Å². The molecule has 0 spiro atoms. The number of anilines is 1. The zero-order valence-electron chi connectivity index (χ0n) is 16.2. The van der Waals surface area contributed by atoms with Gasteiger partial charge in [-0.15, -0.1) is 0 Å². The first-order valence-electron chi connectivity index (χ1n) is 8.69. The van der Waals surface area contributed by atoms with E-state index in [2.05, 4.69) is 26.1 Å². The summed E-state index contributed by atoms with van der Waals surface area (Å²) in [5, 5.41) is 13.1. The van der Waals surface area contributed by atoms with Gasteiger partial charge in [-0.25, -0.2) is 4.79 Å². The van der Waals surface area contributed by atoms with Crippen molar-refractivity contribution in [3.05, 3.63) is 63.2 Å². The quantitative estimate of drug-likeness (QED) is 0.410. The van der Waals surface area contributed by atoms with Crippen LogP contribution in [0.15, 0.2) is 42.5 Å². The molecule has 154 valence electrons. The van der Waals surface area contributed by atoms with Gasteiger partial charge in [-0.2, -0.15) is 0 Å². The lowest BCUT2D eigenvalue weighted by atomic mass is 9.87. The number of nitro groups is 1. The lowest BCUT2D eigenvalue weighted by molar-refractivity contribution is -0.384. The maximum absolute atomic E-state index is 11.9. The molecule has 0 saturated carbocycles. The number of hydrogen-bond acceptors (Lipinski definition) is 6.